The fourth-order valence-corrected chi connectivity index (χ4v) is 44.8. The molecule has 0 aliphatic rings. The molecular formula is C52H58N6O5P4S13. The average Bonchev–Trinajstić information content (AvgIpc) is 3.88. The molecular weight excluding hydrogens is 1330 g/mol. The third kappa shape index (κ3) is 20.5. The standard InChI is InChI=1S/C26H29N3O3S.C26H29N3O2S2.P4S10/c1-26(2,3)21-13-9-19(10-14-21)17-28-23-7-5-6-8-24(23)29(25(28)30)18-20-11-15-22(16-12-20)27-33(4,31)32;1-26(2,3)21-13-9-19(10-14-21)17-28-23-7-5-6-8-24(23)29(25(28)32)18-20-11-15-22(16-12-20)27-33(4,30)31;5-1-4(2-6)3-8-10-12-14-13-11-9-7/h2*5-16,27H,17-18H2,1-4H3;. The molecule has 8 rings (SSSR count). The Morgan fingerprint density at radius 3 is 1.12 bits per heavy atom. The predicted molar refractivity (Wildman–Crippen MR) is 375 cm³/mol. The molecule has 0 aliphatic carbocycles. The number of sulfonamides is 2. The van der Waals surface area contributed by atoms with E-state index in [-0.39, 0.29) is 23.5 Å². The number of aromatic nitrogens is 4. The second-order valence-electron chi connectivity index (χ2n) is 19.9. The Labute approximate surface area is 515 Å². The van der Waals surface area contributed by atoms with Gasteiger partial charge in [-0.2, -0.15) is 0 Å². The highest BCUT2D eigenvalue weighted by Gasteiger charge is 2.18. The van der Waals surface area contributed by atoms with E-state index in [1.807, 2.05) is 70.2 Å². The Morgan fingerprint density at radius 1 is 0.487 bits per heavy atom. The van der Waals surface area contributed by atoms with Crippen molar-refractivity contribution in [1.82, 2.24) is 18.3 Å². The van der Waals surface area contributed by atoms with Gasteiger partial charge in [0.1, 0.15) is 0 Å². The highest BCUT2D eigenvalue weighted by molar-refractivity contribution is 8.87. The van der Waals surface area contributed by atoms with Crippen LogP contribution in [0.5, 0.6) is 0 Å². The maximum atomic E-state index is 13.4. The summed E-state index contributed by atoms with van der Waals surface area (Å²) in [6, 6.07) is 47.7. The molecule has 11 nitrogen and oxygen atoms in total. The Bertz CT molecular complexity index is 3980. The Kier molecular flexibility index (Phi) is 25.7. The summed E-state index contributed by atoms with van der Waals surface area (Å²) in [5.41, 5.74) is 11.9. The fourth-order valence-electron chi connectivity index (χ4n) is 8.04. The number of fused-ring (bicyclic) bond motifs is 2. The lowest BCUT2D eigenvalue weighted by molar-refractivity contribution is 0.589. The molecule has 0 bridgehead atoms. The molecule has 28 heteroatoms. The summed E-state index contributed by atoms with van der Waals surface area (Å²) in [7, 11) is 8.60. The molecule has 0 saturated heterocycles. The summed E-state index contributed by atoms with van der Waals surface area (Å²) in [5.74, 6) is 0. The van der Waals surface area contributed by atoms with Crippen molar-refractivity contribution >= 4 is 191 Å². The lowest BCUT2D eigenvalue weighted by atomic mass is 9.87. The van der Waals surface area contributed by atoms with E-state index in [9.17, 15) is 21.6 Å². The zero-order valence-corrected chi connectivity index (χ0v) is 58.8. The van der Waals surface area contributed by atoms with E-state index in [0.29, 0.717) is 37.6 Å². The maximum Gasteiger partial charge on any atom is 0.329 e. The van der Waals surface area contributed by atoms with Crippen molar-refractivity contribution in [3.8, 4) is 0 Å². The van der Waals surface area contributed by atoms with Gasteiger partial charge in [-0.3, -0.25) is 18.6 Å². The molecule has 0 unspecified atom stereocenters. The number of hydrogen-bond donors (Lipinski definition) is 2. The molecule has 0 amide bonds. The molecule has 2 heterocycles. The van der Waals surface area contributed by atoms with Crippen LogP contribution < -0.4 is 15.1 Å². The number of rotatable bonds is 15. The van der Waals surface area contributed by atoms with E-state index in [1.54, 1.807) is 77.8 Å². The second kappa shape index (κ2) is 30.9. The van der Waals surface area contributed by atoms with Crippen LogP contribution in [0.15, 0.2) is 150 Å². The number of benzene rings is 6. The van der Waals surface area contributed by atoms with Gasteiger partial charge in [-0.15, -0.1) is 0 Å². The maximum absolute atomic E-state index is 13.4. The second-order valence-corrected chi connectivity index (χ2v) is 49.7. The molecule has 0 fully saturated rings. The largest absolute Gasteiger partial charge is 0.329 e. The summed E-state index contributed by atoms with van der Waals surface area (Å²) in [6.07, 6.45) is 2.26. The van der Waals surface area contributed by atoms with E-state index in [4.69, 9.17) is 47.0 Å². The molecule has 80 heavy (non-hydrogen) atoms. The number of anilines is 2. The van der Waals surface area contributed by atoms with Crippen molar-refractivity contribution in [2.75, 3.05) is 22.0 Å². The quantitative estimate of drug-likeness (QED) is 0.0761. The lowest BCUT2D eigenvalue weighted by Gasteiger charge is -2.19. The Hall–Kier alpha value is -2.69. The average molecular weight is 1390 g/mol. The highest BCUT2D eigenvalue weighted by Crippen LogP contribution is 2.69. The van der Waals surface area contributed by atoms with Gasteiger partial charge in [-0.1, -0.05) is 162 Å². The molecule has 0 atom stereocenters. The van der Waals surface area contributed by atoms with Crippen LogP contribution in [0, 0.1) is 4.77 Å². The van der Waals surface area contributed by atoms with Crippen molar-refractivity contribution in [2.24, 2.45) is 0 Å². The highest BCUT2D eigenvalue weighted by atomic mass is 33.4. The van der Waals surface area contributed by atoms with Gasteiger partial charge < -0.3 is 9.13 Å². The zero-order chi connectivity index (χ0) is 58.3. The summed E-state index contributed by atoms with van der Waals surface area (Å²) in [4.78, 5) is 13.4. The van der Waals surface area contributed by atoms with Crippen LogP contribution in [0.2, 0.25) is 0 Å². The van der Waals surface area contributed by atoms with Gasteiger partial charge in [-0.05, 0) is 179 Å². The molecule has 0 spiro atoms. The third-order valence-electron chi connectivity index (χ3n) is 11.8. The van der Waals surface area contributed by atoms with Crippen LogP contribution in [-0.4, -0.2) is 47.6 Å². The van der Waals surface area contributed by atoms with E-state index in [2.05, 4.69) is 121 Å². The summed E-state index contributed by atoms with van der Waals surface area (Å²) in [5, 5.41) is 0. The van der Waals surface area contributed by atoms with Gasteiger partial charge in [0.05, 0.1) is 67.7 Å². The Morgan fingerprint density at radius 2 is 0.800 bits per heavy atom. The minimum atomic E-state index is -3.33. The van der Waals surface area contributed by atoms with Crippen LogP contribution in [-0.2, 0) is 155 Å². The molecule has 2 aromatic heterocycles. The lowest BCUT2D eigenvalue weighted by Crippen LogP contribution is -2.25. The van der Waals surface area contributed by atoms with Gasteiger partial charge in [0.15, 0.2) is 4.77 Å². The molecule has 2 N–H and O–H groups in total. The Balaban J connectivity index is 0.000000210. The number of imidazole rings is 2. The molecule has 0 aliphatic heterocycles. The topological polar surface area (TPSA) is 129 Å². The van der Waals surface area contributed by atoms with Crippen LogP contribution >= 0.6 is 40.3 Å². The SMILES string of the molecule is CC(C)(C)c1ccc(Cn2c(=O)n(Cc3ccc(NS(C)(=O)=O)cc3)c3ccccc32)cc1.CC(C)(C)c1ccc(Cn2c(=S)n(Cc3ccc(NS(C)(=O)=O)cc3)c3ccccc32)cc1.S=PP(P=S)P=S=S=S=S=S=S=S=S. The summed E-state index contributed by atoms with van der Waals surface area (Å²) < 4.78 is 59.4. The zero-order valence-electron chi connectivity index (χ0n) is 44.6. The first kappa shape index (κ1) is 66.4. The van der Waals surface area contributed by atoms with Crippen molar-refractivity contribution in [1.29, 1.82) is 0 Å². The fraction of sp³-hybridized carbons (Fsp3) is 0.269. The summed E-state index contributed by atoms with van der Waals surface area (Å²) >= 11 is 20.6. The number of para-hydroxylation sites is 4. The first-order chi connectivity index (χ1) is 37.9. The van der Waals surface area contributed by atoms with E-state index >= 15 is 0 Å². The van der Waals surface area contributed by atoms with Gasteiger partial charge in [0.2, 0.25) is 20.0 Å². The van der Waals surface area contributed by atoms with Crippen LogP contribution in [0.4, 0.5) is 11.4 Å². The van der Waals surface area contributed by atoms with E-state index in [0.717, 1.165) is 70.1 Å². The van der Waals surface area contributed by atoms with Gasteiger partial charge in [-0.25, -0.2) is 21.6 Å². The van der Waals surface area contributed by atoms with E-state index < -0.39 is 20.0 Å². The van der Waals surface area contributed by atoms with E-state index in [1.165, 1.54) is 32.6 Å². The van der Waals surface area contributed by atoms with Crippen molar-refractivity contribution < 1.29 is 16.8 Å². The van der Waals surface area contributed by atoms with Gasteiger partial charge >= 0.3 is 5.69 Å². The normalized spacial score (nSPS) is 12.2. The number of nitrogens with one attached hydrogen (secondary N) is 2. The molecule has 0 radical (unpaired) electrons. The van der Waals surface area contributed by atoms with Crippen molar-refractivity contribution in [2.45, 2.75) is 78.6 Å². The molecule has 8 aromatic rings. The predicted octanol–water partition coefficient (Wildman–Crippen LogP) is 13.9. The van der Waals surface area contributed by atoms with Crippen molar-refractivity contribution in [3.63, 3.8) is 0 Å². The third-order valence-corrected chi connectivity index (χ3v) is 47.2. The summed E-state index contributed by atoms with van der Waals surface area (Å²) in [6.45, 7) is 15.3. The monoisotopic (exact) mass is 1390 g/mol. The smallest absolute Gasteiger partial charge is 0.312 e. The van der Waals surface area contributed by atoms with Crippen LogP contribution in [0.3, 0.4) is 0 Å². The van der Waals surface area contributed by atoms with Crippen molar-refractivity contribution in [3.05, 3.63) is 194 Å². The molecule has 424 valence electrons. The first-order valence-corrected chi connectivity index (χ1v) is 46.7. The molecule has 0 saturated carbocycles. The van der Waals surface area contributed by atoms with Crippen LogP contribution in [0.1, 0.15) is 74.9 Å². The minimum absolute atomic E-state index is 0.0746. The van der Waals surface area contributed by atoms with Gasteiger partial charge in [0, 0.05) is 32.5 Å². The molecule has 6 aromatic carbocycles. The number of hydrogen-bond acceptors (Lipinski definition) is 9. The first-order valence-electron chi connectivity index (χ1n) is 24.0. The number of nitrogens with zero attached hydrogens (tertiary/aromatic N) is 4. The minimum Gasteiger partial charge on any atom is -0.312 e. The van der Waals surface area contributed by atoms with Crippen LogP contribution in [0.25, 0.3) is 22.1 Å². The van der Waals surface area contributed by atoms with Gasteiger partial charge in [0.25, 0.3) is 0 Å².